The molecule has 0 spiro atoms. The van der Waals surface area contributed by atoms with Crippen molar-refractivity contribution in [2.45, 2.75) is 45.9 Å². The van der Waals surface area contributed by atoms with Crippen molar-refractivity contribution >= 4 is 17.2 Å². The Hall–Kier alpha value is -4.14. The van der Waals surface area contributed by atoms with Crippen molar-refractivity contribution in [3.8, 4) is 23.1 Å². The van der Waals surface area contributed by atoms with Gasteiger partial charge in [0.1, 0.15) is 24.3 Å². The van der Waals surface area contributed by atoms with Crippen LogP contribution in [0.1, 0.15) is 33.3 Å². The number of fused-ring (bicyclic) bond motifs is 1. The molecular weight excluding hydrogens is 465 g/mol. The molecule has 0 unspecified atom stereocenters. The van der Waals surface area contributed by atoms with Crippen molar-refractivity contribution in [3.63, 3.8) is 0 Å². The molecule has 36 heavy (non-hydrogen) atoms. The van der Waals surface area contributed by atoms with Crippen molar-refractivity contribution in [2.24, 2.45) is 0 Å². The average Bonchev–Trinajstić information content (AvgIpc) is 3.25. The summed E-state index contributed by atoms with van der Waals surface area (Å²) in [4.78, 5) is 20.5. The number of carbonyl (C=O) groups excluding carboxylic acids is 1. The third-order valence-corrected chi connectivity index (χ3v) is 4.91. The van der Waals surface area contributed by atoms with E-state index in [1.807, 2.05) is 30.3 Å². The molecule has 4 aromatic rings. The van der Waals surface area contributed by atoms with E-state index in [-0.39, 0.29) is 30.9 Å². The van der Waals surface area contributed by atoms with Gasteiger partial charge in [0.25, 0.3) is 0 Å². The molecule has 0 aliphatic heterocycles. The zero-order valence-corrected chi connectivity index (χ0v) is 20.6. The van der Waals surface area contributed by atoms with Crippen molar-refractivity contribution in [2.75, 3.05) is 6.61 Å². The highest BCUT2D eigenvalue weighted by Gasteiger charge is 2.18. The molecule has 2 aromatic heterocycles. The predicted octanol–water partition coefficient (Wildman–Crippen LogP) is 5.90. The van der Waals surface area contributed by atoms with Crippen LogP contribution in [-0.4, -0.2) is 34.3 Å². The second-order valence-electron chi connectivity index (χ2n) is 9.29. The maximum Gasteiger partial charge on any atom is 0.407 e. The number of carbonyl (C=O) groups is 1. The number of nitrogens with zero attached hydrogens (tertiary/aromatic N) is 2. The molecule has 2 aromatic carbocycles. The third-order valence-electron chi connectivity index (χ3n) is 4.91. The molecule has 0 bridgehead atoms. The molecule has 0 aliphatic carbocycles. The van der Waals surface area contributed by atoms with Crippen LogP contribution in [0.3, 0.4) is 0 Å². The molecule has 188 valence electrons. The fourth-order valence-corrected chi connectivity index (χ4v) is 3.26. The first-order valence-electron chi connectivity index (χ1n) is 11.5. The Morgan fingerprint density at radius 2 is 1.89 bits per heavy atom. The Labute approximate surface area is 208 Å². The summed E-state index contributed by atoms with van der Waals surface area (Å²) in [5.41, 5.74) is 1.77. The van der Waals surface area contributed by atoms with Gasteiger partial charge in [-0.2, -0.15) is 0 Å². The molecule has 2 heterocycles. The largest absolute Gasteiger partial charge is 0.486 e. The fourth-order valence-electron chi connectivity index (χ4n) is 3.26. The topological polar surface area (TPSA) is 95.7 Å². The number of alkyl carbamates (subject to hydrolysis) is 1. The number of amides is 1. The summed E-state index contributed by atoms with van der Waals surface area (Å²) in [5.74, 6) is 0.181. The van der Waals surface area contributed by atoms with Crippen molar-refractivity contribution in [3.05, 3.63) is 72.2 Å². The van der Waals surface area contributed by atoms with Crippen LogP contribution in [-0.2, 0) is 11.3 Å². The van der Waals surface area contributed by atoms with Gasteiger partial charge in [-0.15, -0.1) is 0 Å². The second kappa shape index (κ2) is 10.6. The van der Waals surface area contributed by atoms with Gasteiger partial charge in [0.2, 0.25) is 11.8 Å². The molecule has 1 amide bonds. The number of hydrogen-bond acceptors (Lipinski definition) is 7. The van der Waals surface area contributed by atoms with Crippen molar-refractivity contribution < 1.29 is 27.8 Å². The Kier molecular flexibility index (Phi) is 7.38. The summed E-state index contributed by atoms with van der Waals surface area (Å²) in [6.07, 6.45) is 0.989. The van der Waals surface area contributed by atoms with Crippen LogP contribution in [0.2, 0.25) is 0 Å². The molecule has 4 rings (SSSR count). The third kappa shape index (κ3) is 6.71. The summed E-state index contributed by atoms with van der Waals surface area (Å²) < 4.78 is 37.0. The summed E-state index contributed by atoms with van der Waals surface area (Å²) in [5, 5.41) is 2.70. The maximum absolute atomic E-state index is 14.6. The first-order chi connectivity index (χ1) is 17.2. The molecule has 0 saturated heterocycles. The fraction of sp³-hybridized carbons (Fsp3) is 0.296. The van der Waals surface area contributed by atoms with Gasteiger partial charge in [0.05, 0.1) is 12.2 Å². The summed E-state index contributed by atoms with van der Waals surface area (Å²) in [6, 6.07) is 15.4. The van der Waals surface area contributed by atoms with E-state index in [4.69, 9.17) is 18.6 Å². The zero-order chi connectivity index (χ0) is 25.7. The minimum atomic E-state index is -0.584. The molecule has 9 heteroatoms. The van der Waals surface area contributed by atoms with Gasteiger partial charge < -0.3 is 23.9 Å². The van der Waals surface area contributed by atoms with E-state index in [1.54, 1.807) is 45.9 Å². The lowest BCUT2D eigenvalue weighted by molar-refractivity contribution is 0.0493. The standard InChI is InChI=1S/C27H28FN3O5/c1-17(30-26(32)36-27(2,3)4)15-34-24-13-23-21(14-29-24)31-25(35-23)19-10-11-22(20(28)12-19)33-16-18-8-6-5-7-9-18/h5-14,17H,15-16H2,1-4H3,(H,30,32)/t17-/m0/s1. The number of hydrogen-bond donors (Lipinski definition) is 1. The van der Waals surface area contributed by atoms with Gasteiger partial charge in [-0.25, -0.2) is 19.2 Å². The average molecular weight is 494 g/mol. The molecule has 0 saturated carbocycles. The highest BCUT2D eigenvalue weighted by molar-refractivity contribution is 5.76. The van der Waals surface area contributed by atoms with Crippen LogP contribution in [0.25, 0.3) is 22.6 Å². The Balaban J connectivity index is 1.38. The summed E-state index contributed by atoms with van der Waals surface area (Å²) in [7, 11) is 0. The molecule has 1 N–H and O–H groups in total. The number of nitrogens with one attached hydrogen (secondary N) is 1. The van der Waals surface area contributed by atoms with Crippen LogP contribution in [0.4, 0.5) is 9.18 Å². The van der Waals surface area contributed by atoms with Gasteiger partial charge in [0.15, 0.2) is 17.1 Å². The van der Waals surface area contributed by atoms with Crippen LogP contribution in [0, 0.1) is 5.82 Å². The molecule has 0 aliphatic rings. The number of halogens is 1. The Bertz CT molecular complexity index is 1330. The first-order valence-corrected chi connectivity index (χ1v) is 11.5. The zero-order valence-electron chi connectivity index (χ0n) is 20.6. The smallest absolute Gasteiger partial charge is 0.407 e. The first kappa shape index (κ1) is 25.0. The SMILES string of the molecule is C[C@@H](COc1cc2oc(-c3ccc(OCc4ccccc4)c(F)c3)nc2cn1)NC(=O)OC(C)(C)C. The predicted molar refractivity (Wildman–Crippen MR) is 132 cm³/mol. The Morgan fingerprint density at radius 1 is 1.11 bits per heavy atom. The maximum atomic E-state index is 14.6. The highest BCUT2D eigenvalue weighted by Crippen LogP contribution is 2.29. The lowest BCUT2D eigenvalue weighted by Gasteiger charge is -2.21. The van der Waals surface area contributed by atoms with Gasteiger partial charge in [-0.05, 0) is 51.5 Å². The summed E-state index contributed by atoms with van der Waals surface area (Å²) >= 11 is 0. The van der Waals surface area contributed by atoms with E-state index >= 15 is 0 Å². The highest BCUT2D eigenvalue weighted by atomic mass is 19.1. The van der Waals surface area contributed by atoms with E-state index in [9.17, 15) is 9.18 Å². The minimum Gasteiger partial charge on any atom is -0.486 e. The van der Waals surface area contributed by atoms with Gasteiger partial charge in [-0.1, -0.05) is 30.3 Å². The van der Waals surface area contributed by atoms with Crippen LogP contribution >= 0.6 is 0 Å². The normalized spacial score (nSPS) is 12.2. The van der Waals surface area contributed by atoms with Crippen LogP contribution in [0.15, 0.2) is 65.2 Å². The van der Waals surface area contributed by atoms with Crippen LogP contribution in [0.5, 0.6) is 11.6 Å². The van der Waals surface area contributed by atoms with E-state index in [1.165, 1.54) is 12.3 Å². The molecule has 8 nitrogen and oxygen atoms in total. The van der Waals surface area contributed by atoms with Gasteiger partial charge in [-0.3, -0.25) is 0 Å². The van der Waals surface area contributed by atoms with E-state index < -0.39 is 17.5 Å². The summed E-state index contributed by atoms with van der Waals surface area (Å²) in [6.45, 7) is 7.61. The molecule has 0 radical (unpaired) electrons. The number of aromatic nitrogens is 2. The number of ether oxygens (including phenoxy) is 3. The van der Waals surface area contributed by atoms with Crippen molar-refractivity contribution in [1.29, 1.82) is 0 Å². The van der Waals surface area contributed by atoms with E-state index in [2.05, 4.69) is 15.3 Å². The van der Waals surface area contributed by atoms with Crippen LogP contribution < -0.4 is 14.8 Å². The van der Waals surface area contributed by atoms with E-state index in [0.29, 0.717) is 22.5 Å². The van der Waals surface area contributed by atoms with Gasteiger partial charge >= 0.3 is 6.09 Å². The monoisotopic (exact) mass is 493 g/mol. The number of rotatable bonds is 8. The van der Waals surface area contributed by atoms with Crippen molar-refractivity contribution in [1.82, 2.24) is 15.3 Å². The lowest BCUT2D eigenvalue weighted by atomic mass is 10.2. The second-order valence-corrected chi connectivity index (χ2v) is 9.29. The molecule has 1 atom stereocenters. The van der Waals surface area contributed by atoms with E-state index in [0.717, 1.165) is 5.56 Å². The number of pyridine rings is 1. The molecular formula is C27H28FN3O5. The Morgan fingerprint density at radius 3 is 2.61 bits per heavy atom. The van der Waals surface area contributed by atoms with Gasteiger partial charge in [0, 0.05) is 11.6 Å². The quantitative estimate of drug-likeness (QED) is 0.326. The minimum absolute atomic E-state index is 0.144. The molecule has 0 fully saturated rings. The number of benzene rings is 2. The lowest BCUT2D eigenvalue weighted by Crippen LogP contribution is -2.40. The number of oxazole rings is 1.